The van der Waals surface area contributed by atoms with E-state index < -0.39 is 0 Å². The zero-order valence-electron chi connectivity index (χ0n) is 10.3. The fraction of sp³-hybridized carbons (Fsp3) is 1.00. The van der Waals surface area contributed by atoms with Gasteiger partial charge in [-0.05, 0) is 38.1 Å². The summed E-state index contributed by atoms with van der Waals surface area (Å²) < 4.78 is 0. The van der Waals surface area contributed by atoms with E-state index in [1.54, 1.807) is 0 Å². The second kappa shape index (κ2) is 7.67. The van der Waals surface area contributed by atoms with Crippen molar-refractivity contribution in [2.24, 2.45) is 5.92 Å². The average Bonchev–Trinajstić information content (AvgIpc) is 2.68. The molecule has 1 fully saturated rings. The normalized spacial score (nSPS) is 18.2. The lowest BCUT2D eigenvalue weighted by Gasteiger charge is -2.28. The van der Waals surface area contributed by atoms with E-state index in [4.69, 9.17) is 0 Å². The van der Waals surface area contributed by atoms with Crippen molar-refractivity contribution in [2.75, 3.05) is 18.4 Å². The Hall–Kier alpha value is 0.440. The Labute approximate surface area is 104 Å². The number of halogens is 1. The molecule has 0 amide bonds. The maximum Gasteiger partial charge on any atom is 0.0159 e. The monoisotopic (exact) mass is 275 g/mol. The highest BCUT2D eigenvalue weighted by molar-refractivity contribution is 9.09. The van der Waals surface area contributed by atoms with E-state index in [9.17, 15) is 0 Å². The summed E-state index contributed by atoms with van der Waals surface area (Å²) in [6.07, 6.45) is 8.54. The van der Waals surface area contributed by atoms with E-state index in [1.807, 2.05) is 0 Å². The van der Waals surface area contributed by atoms with Gasteiger partial charge in [-0.15, -0.1) is 0 Å². The molecule has 0 spiro atoms. The van der Waals surface area contributed by atoms with Crippen LogP contribution in [0.4, 0.5) is 0 Å². The van der Waals surface area contributed by atoms with E-state index in [2.05, 4.69) is 34.7 Å². The second-order valence-electron chi connectivity index (χ2n) is 5.20. The Bertz CT molecular complexity index is 153. The molecule has 1 nitrogen and oxygen atoms in total. The van der Waals surface area contributed by atoms with Crippen LogP contribution >= 0.6 is 15.9 Å². The molecule has 0 N–H and O–H groups in total. The minimum absolute atomic E-state index is 0.861. The molecule has 15 heavy (non-hydrogen) atoms. The van der Waals surface area contributed by atoms with Gasteiger partial charge in [0.2, 0.25) is 0 Å². The highest BCUT2D eigenvalue weighted by Crippen LogP contribution is 2.24. The molecule has 0 aromatic rings. The number of alkyl halides is 1. The molecule has 1 rings (SSSR count). The first kappa shape index (κ1) is 13.5. The van der Waals surface area contributed by atoms with E-state index in [1.165, 1.54) is 51.6 Å². The van der Waals surface area contributed by atoms with Crippen LogP contribution in [0, 0.1) is 5.92 Å². The molecular formula is C13H26BrN. The number of nitrogens with zero attached hydrogens (tertiary/aromatic N) is 1. The minimum Gasteiger partial charge on any atom is -0.300 e. The Balaban J connectivity index is 2.23. The van der Waals surface area contributed by atoms with Crippen LogP contribution < -0.4 is 0 Å². The summed E-state index contributed by atoms with van der Waals surface area (Å²) in [6.45, 7) is 7.20. The van der Waals surface area contributed by atoms with Crippen LogP contribution in [0.15, 0.2) is 0 Å². The van der Waals surface area contributed by atoms with Crippen molar-refractivity contribution < 1.29 is 0 Å². The van der Waals surface area contributed by atoms with Gasteiger partial charge in [-0.3, -0.25) is 4.90 Å². The average molecular weight is 276 g/mol. The lowest BCUT2D eigenvalue weighted by molar-refractivity contribution is 0.204. The summed E-state index contributed by atoms with van der Waals surface area (Å²) in [5, 5.41) is 1.13. The van der Waals surface area contributed by atoms with Gasteiger partial charge in [0.15, 0.2) is 0 Å². The van der Waals surface area contributed by atoms with Gasteiger partial charge in [-0.2, -0.15) is 0 Å². The lowest BCUT2D eigenvalue weighted by atomic mass is 10.1. The molecule has 1 saturated carbocycles. The molecule has 1 aliphatic rings. The van der Waals surface area contributed by atoms with Gasteiger partial charge in [0.05, 0.1) is 0 Å². The van der Waals surface area contributed by atoms with Crippen LogP contribution in [0.1, 0.15) is 52.4 Å². The molecule has 0 unspecified atom stereocenters. The largest absolute Gasteiger partial charge is 0.300 e. The highest BCUT2D eigenvalue weighted by Gasteiger charge is 2.21. The van der Waals surface area contributed by atoms with Gasteiger partial charge in [0.1, 0.15) is 0 Å². The third-order valence-corrected chi connectivity index (χ3v) is 3.79. The van der Waals surface area contributed by atoms with Crippen molar-refractivity contribution in [2.45, 2.75) is 58.4 Å². The Morgan fingerprint density at radius 3 is 2.40 bits per heavy atom. The first-order valence-electron chi connectivity index (χ1n) is 6.54. The molecule has 0 radical (unpaired) electrons. The lowest BCUT2D eigenvalue weighted by Crippen LogP contribution is -2.35. The van der Waals surface area contributed by atoms with Crippen molar-refractivity contribution in [3.05, 3.63) is 0 Å². The predicted octanol–water partition coefficient (Wildman–Crippen LogP) is 4.06. The van der Waals surface area contributed by atoms with E-state index in [0.29, 0.717) is 0 Å². The van der Waals surface area contributed by atoms with E-state index in [-0.39, 0.29) is 0 Å². The molecule has 0 aliphatic heterocycles. The molecule has 0 bridgehead atoms. The Kier molecular flexibility index (Phi) is 6.91. The van der Waals surface area contributed by atoms with Crippen molar-refractivity contribution >= 4 is 15.9 Å². The first-order valence-corrected chi connectivity index (χ1v) is 7.66. The van der Waals surface area contributed by atoms with Crippen LogP contribution in [0.5, 0.6) is 0 Å². The quantitative estimate of drug-likeness (QED) is 0.634. The fourth-order valence-corrected chi connectivity index (χ4v) is 3.01. The van der Waals surface area contributed by atoms with Crippen LogP contribution in [-0.4, -0.2) is 29.4 Å². The molecule has 0 atom stereocenters. The topological polar surface area (TPSA) is 3.24 Å². The van der Waals surface area contributed by atoms with Crippen LogP contribution in [0.25, 0.3) is 0 Å². The summed E-state index contributed by atoms with van der Waals surface area (Å²) in [5.41, 5.74) is 0. The minimum atomic E-state index is 0.861. The van der Waals surface area contributed by atoms with Crippen LogP contribution in [0.3, 0.4) is 0 Å². The van der Waals surface area contributed by atoms with Crippen LogP contribution in [-0.2, 0) is 0 Å². The second-order valence-corrected chi connectivity index (χ2v) is 5.99. The summed E-state index contributed by atoms with van der Waals surface area (Å²) >= 11 is 3.58. The molecule has 2 heteroatoms. The highest BCUT2D eigenvalue weighted by atomic mass is 79.9. The zero-order valence-corrected chi connectivity index (χ0v) is 11.9. The molecule has 0 heterocycles. The molecular weight excluding hydrogens is 250 g/mol. The molecule has 90 valence electrons. The third-order valence-electron chi connectivity index (χ3n) is 3.44. The summed E-state index contributed by atoms with van der Waals surface area (Å²) in [7, 11) is 0. The van der Waals surface area contributed by atoms with Crippen molar-refractivity contribution in [3.8, 4) is 0 Å². The van der Waals surface area contributed by atoms with Gasteiger partial charge < -0.3 is 0 Å². The first-order chi connectivity index (χ1) is 7.24. The summed E-state index contributed by atoms with van der Waals surface area (Å²) in [4.78, 5) is 2.71. The van der Waals surface area contributed by atoms with Crippen LogP contribution in [0.2, 0.25) is 0 Å². The molecule has 1 aliphatic carbocycles. The SMILES string of the molecule is CC(C)CCCN(CCBr)C1CCCC1. The number of hydrogen-bond donors (Lipinski definition) is 0. The molecule has 0 aromatic heterocycles. The standard InChI is InChI=1S/C13H26BrN/c1-12(2)6-5-10-15(11-9-14)13-7-3-4-8-13/h12-13H,3-11H2,1-2H3. The number of rotatable bonds is 7. The fourth-order valence-electron chi connectivity index (χ4n) is 2.56. The van der Waals surface area contributed by atoms with E-state index >= 15 is 0 Å². The van der Waals surface area contributed by atoms with Crippen molar-refractivity contribution in [3.63, 3.8) is 0 Å². The predicted molar refractivity (Wildman–Crippen MR) is 71.7 cm³/mol. The zero-order chi connectivity index (χ0) is 11.1. The Morgan fingerprint density at radius 2 is 1.87 bits per heavy atom. The molecule has 0 saturated heterocycles. The van der Waals surface area contributed by atoms with Gasteiger partial charge in [0.25, 0.3) is 0 Å². The smallest absolute Gasteiger partial charge is 0.0159 e. The summed E-state index contributed by atoms with van der Waals surface area (Å²) in [5.74, 6) is 0.861. The third kappa shape index (κ3) is 5.35. The Morgan fingerprint density at radius 1 is 1.20 bits per heavy atom. The number of hydrogen-bond acceptors (Lipinski definition) is 1. The van der Waals surface area contributed by atoms with Crippen molar-refractivity contribution in [1.82, 2.24) is 4.90 Å². The van der Waals surface area contributed by atoms with Gasteiger partial charge in [0, 0.05) is 17.9 Å². The maximum absolute atomic E-state index is 3.58. The van der Waals surface area contributed by atoms with Crippen molar-refractivity contribution in [1.29, 1.82) is 0 Å². The van der Waals surface area contributed by atoms with Gasteiger partial charge in [-0.25, -0.2) is 0 Å². The maximum atomic E-state index is 3.58. The van der Waals surface area contributed by atoms with E-state index in [0.717, 1.165) is 17.3 Å². The van der Waals surface area contributed by atoms with Gasteiger partial charge in [-0.1, -0.05) is 42.6 Å². The molecule has 0 aromatic carbocycles. The summed E-state index contributed by atoms with van der Waals surface area (Å²) in [6, 6.07) is 0.898. The van der Waals surface area contributed by atoms with Gasteiger partial charge >= 0.3 is 0 Å².